The maximum Gasteiger partial charge on any atom is 0.201 e. The van der Waals surface area contributed by atoms with Crippen LogP contribution >= 0.6 is 0 Å². The lowest BCUT2D eigenvalue weighted by atomic mass is 9.62. The molecule has 0 N–H and O–H groups in total. The van der Waals surface area contributed by atoms with E-state index in [1.54, 1.807) is 0 Å². The molecular weight excluding hydrogens is 240 g/mol. The third-order valence-corrected chi connectivity index (χ3v) is 4.87. The minimum Gasteiger partial charge on any atom is -0.470 e. The Morgan fingerprint density at radius 3 is 2.79 bits per heavy atom. The molecule has 0 amide bonds. The summed E-state index contributed by atoms with van der Waals surface area (Å²) in [5.74, 6) is 1.01. The van der Waals surface area contributed by atoms with Crippen molar-refractivity contribution in [1.29, 1.82) is 0 Å². The molecule has 1 spiro atoms. The molecule has 2 fully saturated rings. The van der Waals surface area contributed by atoms with Crippen LogP contribution in [0.15, 0.2) is 11.8 Å². The molecule has 3 rings (SSSR count). The molecule has 0 radical (unpaired) electrons. The van der Waals surface area contributed by atoms with Crippen LogP contribution in [-0.4, -0.2) is 23.6 Å². The molecule has 2 bridgehead atoms. The van der Waals surface area contributed by atoms with Gasteiger partial charge in [-0.1, -0.05) is 6.92 Å². The molecule has 1 aliphatic carbocycles. The summed E-state index contributed by atoms with van der Waals surface area (Å²) in [7, 11) is 0. The third kappa shape index (κ3) is 2.02. The summed E-state index contributed by atoms with van der Waals surface area (Å²) in [5, 5.41) is 0. The summed E-state index contributed by atoms with van der Waals surface area (Å²) >= 11 is 0. The number of allylic oxidation sites excluding steroid dienone is 1. The van der Waals surface area contributed by atoms with E-state index in [4.69, 9.17) is 14.2 Å². The molecule has 1 saturated heterocycles. The van der Waals surface area contributed by atoms with Crippen molar-refractivity contribution < 1.29 is 14.2 Å². The van der Waals surface area contributed by atoms with Crippen molar-refractivity contribution in [2.24, 2.45) is 5.41 Å². The molecule has 3 nitrogen and oxygen atoms in total. The van der Waals surface area contributed by atoms with Crippen molar-refractivity contribution in [1.82, 2.24) is 0 Å². The molecule has 3 aliphatic rings. The average Bonchev–Trinajstić information content (AvgIpc) is 2.44. The Morgan fingerprint density at radius 1 is 1.37 bits per heavy atom. The van der Waals surface area contributed by atoms with Gasteiger partial charge in [0.05, 0.1) is 17.5 Å². The Bertz CT molecular complexity index is 409. The van der Waals surface area contributed by atoms with Crippen molar-refractivity contribution >= 4 is 0 Å². The molecular formula is C16H26O3. The number of ether oxygens (including phenoxy) is 3. The summed E-state index contributed by atoms with van der Waals surface area (Å²) in [6.07, 6.45) is 6.67. The predicted octanol–water partition coefficient (Wildman–Crippen LogP) is 3.78. The van der Waals surface area contributed by atoms with E-state index in [1.807, 2.05) is 6.92 Å². The maximum atomic E-state index is 6.37. The van der Waals surface area contributed by atoms with Gasteiger partial charge in [0.15, 0.2) is 0 Å². The molecule has 108 valence electrons. The van der Waals surface area contributed by atoms with E-state index in [2.05, 4.69) is 33.8 Å². The highest BCUT2D eigenvalue weighted by Crippen LogP contribution is 2.59. The fraction of sp³-hybridized carbons (Fsp3) is 0.875. The molecule has 1 saturated carbocycles. The molecule has 0 aromatic heterocycles. The molecule has 0 aromatic carbocycles. The fourth-order valence-electron chi connectivity index (χ4n) is 4.07. The van der Waals surface area contributed by atoms with E-state index < -0.39 is 0 Å². The van der Waals surface area contributed by atoms with Gasteiger partial charge in [0.1, 0.15) is 5.60 Å². The first-order chi connectivity index (χ1) is 8.74. The number of rotatable bonds is 1. The van der Waals surface area contributed by atoms with Crippen LogP contribution in [0.3, 0.4) is 0 Å². The standard InChI is InChI=1S/C16H26O3/c1-11-9-16-8-6-7-12(18-14(2,3)4)15(16,5)10-13(17-11)19-16/h9,12-13H,6-8,10H2,1-5H3/t12-,13+,15+,16+/m0/s1. The van der Waals surface area contributed by atoms with Gasteiger partial charge in [0.2, 0.25) is 6.29 Å². The molecule has 0 unspecified atom stereocenters. The molecule has 2 aliphatic heterocycles. The van der Waals surface area contributed by atoms with Crippen LogP contribution < -0.4 is 0 Å². The molecule has 0 aromatic rings. The lowest BCUT2D eigenvalue weighted by Gasteiger charge is -2.50. The Hall–Kier alpha value is -0.540. The van der Waals surface area contributed by atoms with Crippen molar-refractivity contribution in [3.8, 4) is 0 Å². The quantitative estimate of drug-likeness (QED) is 0.723. The normalized spacial score (nSPS) is 45.4. The minimum absolute atomic E-state index is 0.0287. The van der Waals surface area contributed by atoms with Crippen LogP contribution in [0.5, 0.6) is 0 Å². The first-order valence-electron chi connectivity index (χ1n) is 7.46. The molecule has 4 atom stereocenters. The zero-order valence-corrected chi connectivity index (χ0v) is 12.8. The highest BCUT2D eigenvalue weighted by atomic mass is 16.7. The van der Waals surface area contributed by atoms with Crippen molar-refractivity contribution in [2.75, 3.05) is 0 Å². The van der Waals surface area contributed by atoms with Gasteiger partial charge in [0, 0.05) is 11.8 Å². The van der Waals surface area contributed by atoms with E-state index in [9.17, 15) is 0 Å². The van der Waals surface area contributed by atoms with Gasteiger partial charge < -0.3 is 14.2 Å². The van der Waals surface area contributed by atoms with Crippen molar-refractivity contribution in [3.63, 3.8) is 0 Å². The SMILES string of the molecule is CC1=C[C@]23CCC[C@H](OC(C)(C)C)[C@@]2(C)C[C@H](O1)O3. The van der Waals surface area contributed by atoms with Crippen LogP contribution in [0, 0.1) is 5.41 Å². The topological polar surface area (TPSA) is 27.7 Å². The smallest absolute Gasteiger partial charge is 0.201 e. The molecule has 19 heavy (non-hydrogen) atoms. The van der Waals surface area contributed by atoms with Crippen LogP contribution in [-0.2, 0) is 14.2 Å². The summed E-state index contributed by atoms with van der Waals surface area (Å²) < 4.78 is 18.4. The van der Waals surface area contributed by atoms with E-state index >= 15 is 0 Å². The Morgan fingerprint density at radius 2 is 2.11 bits per heavy atom. The monoisotopic (exact) mass is 266 g/mol. The lowest BCUT2D eigenvalue weighted by molar-refractivity contribution is -0.201. The Labute approximate surface area is 116 Å². The first kappa shape index (κ1) is 13.4. The highest BCUT2D eigenvalue weighted by Gasteiger charge is 2.64. The van der Waals surface area contributed by atoms with Gasteiger partial charge in [-0.3, -0.25) is 0 Å². The zero-order chi connectivity index (χ0) is 13.9. The van der Waals surface area contributed by atoms with Gasteiger partial charge in [-0.25, -0.2) is 0 Å². The van der Waals surface area contributed by atoms with Crippen molar-refractivity contribution in [3.05, 3.63) is 11.8 Å². The summed E-state index contributed by atoms with van der Waals surface area (Å²) in [6.45, 7) is 10.8. The predicted molar refractivity (Wildman–Crippen MR) is 73.6 cm³/mol. The third-order valence-electron chi connectivity index (χ3n) is 4.87. The number of fused-ring (bicyclic) bond motifs is 1. The van der Waals surface area contributed by atoms with Crippen LogP contribution in [0.2, 0.25) is 0 Å². The summed E-state index contributed by atoms with van der Waals surface area (Å²) in [4.78, 5) is 0. The van der Waals surface area contributed by atoms with E-state index in [0.29, 0.717) is 0 Å². The van der Waals surface area contributed by atoms with Gasteiger partial charge >= 0.3 is 0 Å². The Balaban J connectivity index is 1.95. The van der Waals surface area contributed by atoms with Crippen molar-refractivity contribution in [2.45, 2.75) is 83.9 Å². The van der Waals surface area contributed by atoms with Crippen LogP contribution in [0.4, 0.5) is 0 Å². The summed E-state index contributed by atoms with van der Waals surface area (Å²) in [6, 6.07) is 0. The second-order valence-electron chi connectivity index (χ2n) is 7.54. The lowest BCUT2D eigenvalue weighted by Crippen LogP contribution is -2.55. The Kier molecular flexibility index (Phi) is 2.82. The second kappa shape index (κ2) is 3.98. The zero-order valence-electron chi connectivity index (χ0n) is 12.8. The van der Waals surface area contributed by atoms with E-state index in [-0.39, 0.29) is 29.0 Å². The van der Waals surface area contributed by atoms with E-state index in [0.717, 1.165) is 31.4 Å². The van der Waals surface area contributed by atoms with Gasteiger partial charge in [-0.15, -0.1) is 0 Å². The summed E-state index contributed by atoms with van der Waals surface area (Å²) in [5.41, 5.74) is -0.252. The van der Waals surface area contributed by atoms with Gasteiger partial charge in [-0.05, 0) is 53.0 Å². The largest absolute Gasteiger partial charge is 0.470 e. The molecule has 3 heteroatoms. The average molecular weight is 266 g/mol. The van der Waals surface area contributed by atoms with Gasteiger partial charge in [-0.2, -0.15) is 0 Å². The number of hydrogen-bond donors (Lipinski definition) is 0. The molecule has 2 heterocycles. The fourth-order valence-corrected chi connectivity index (χ4v) is 4.07. The van der Waals surface area contributed by atoms with Gasteiger partial charge in [0.25, 0.3) is 0 Å². The number of hydrogen-bond acceptors (Lipinski definition) is 3. The second-order valence-corrected chi connectivity index (χ2v) is 7.54. The van der Waals surface area contributed by atoms with E-state index in [1.165, 1.54) is 0 Å². The highest BCUT2D eigenvalue weighted by molar-refractivity contribution is 5.23. The van der Waals surface area contributed by atoms with Crippen LogP contribution in [0.1, 0.15) is 60.3 Å². The van der Waals surface area contributed by atoms with Crippen LogP contribution in [0.25, 0.3) is 0 Å². The maximum absolute atomic E-state index is 6.37. The minimum atomic E-state index is -0.172. The first-order valence-corrected chi connectivity index (χ1v) is 7.46.